The third-order valence-electron chi connectivity index (χ3n) is 3.91. The van der Waals surface area contributed by atoms with Crippen molar-refractivity contribution in [2.45, 2.75) is 19.6 Å². The van der Waals surface area contributed by atoms with E-state index in [2.05, 4.69) is 5.32 Å². The van der Waals surface area contributed by atoms with E-state index in [1.54, 1.807) is 11.6 Å². The Hall–Kier alpha value is -3.15. The van der Waals surface area contributed by atoms with Crippen LogP contribution in [0.1, 0.15) is 23.6 Å². The van der Waals surface area contributed by atoms with Gasteiger partial charge in [-0.1, -0.05) is 6.07 Å². The first-order chi connectivity index (χ1) is 14.8. The molecular formula is C20H19F5N2O4S. The first kappa shape index (κ1) is 25.1. The molecule has 12 heteroatoms. The molecule has 0 aromatic heterocycles. The van der Waals surface area contributed by atoms with Crippen molar-refractivity contribution in [1.29, 1.82) is 0 Å². The van der Waals surface area contributed by atoms with Gasteiger partial charge in [0.05, 0.1) is 18.4 Å². The molecule has 0 aliphatic heterocycles. The molecule has 0 fully saturated rings. The minimum absolute atomic E-state index is 0.0188. The summed E-state index contributed by atoms with van der Waals surface area (Å²) in [4.78, 5) is 12.0. The summed E-state index contributed by atoms with van der Waals surface area (Å²) in [5.74, 6) is -3.08. The number of hydrogen-bond donors (Lipinski definition) is 2. The average Bonchev–Trinajstić information content (AvgIpc) is 2.67. The van der Waals surface area contributed by atoms with E-state index in [9.17, 15) is 35.2 Å². The summed E-state index contributed by atoms with van der Waals surface area (Å²) >= 11 is 0. The van der Waals surface area contributed by atoms with Gasteiger partial charge in [0.1, 0.15) is 11.4 Å². The number of halogens is 5. The van der Waals surface area contributed by atoms with Gasteiger partial charge in [0.25, 0.3) is 0 Å². The maximum Gasteiger partial charge on any atom is 0.416 e. The molecule has 0 unspecified atom stereocenters. The van der Waals surface area contributed by atoms with Crippen LogP contribution in [0.4, 0.5) is 27.6 Å². The largest absolute Gasteiger partial charge is 0.493 e. The number of alkyl halides is 3. The van der Waals surface area contributed by atoms with E-state index >= 15 is 0 Å². The molecule has 0 aliphatic carbocycles. The van der Waals surface area contributed by atoms with E-state index in [0.717, 1.165) is 42.7 Å². The summed E-state index contributed by atoms with van der Waals surface area (Å²) in [5.41, 5.74) is -1.50. The van der Waals surface area contributed by atoms with Gasteiger partial charge in [-0.25, -0.2) is 17.2 Å². The Bertz CT molecular complexity index is 1110. The molecule has 1 amide bonds. The minimum Gasteiger partial charge on any atom is -0.493 e. The van der Waals surface area contributed by atoms with Crippen LogP contribution in [0.5, 0.6) is 5.75 Å². The van der Waals surface area contributed by atoms with Gasteiger partial charge >= 0.3 is 6.18 Å². The molecule has 0 saturated heterocycles. The molecule has 32 heavy (non-hydrogen) atoms. The summed E-state index contributed by atoms with van der Waals surface area (Å²) < 4.78 is 95.7. The lowest BCUT2D eigenvalue weighted by molar-refractivity contribution is -0.137. The number of benzene rings is 2. The highest BCUT2D eigenvalue weighted by molar-refractivity contribution is 7.92. The van der Waals surface area contributed by atoms with Crippen molar-refractivity contribution in [2.75, 3.05) is 17.6 Å². The number of amides is 1. The summed E-state index contributed by atoms with van der Waals surface area (Å²) in [6.45, 7) is 1.41. The molecule has 2 N–H and O–H groups in total. The highest BCUT2D eigenvalue weighted by atomic mass is 32.2. The van der Waals surface area contributed by atoms with E-state index in [4.69, 9.17) is 4.74 Å². The lowest BCUT2D eigenvalue weighted by atomic mass is 10.1. The van der Waals surface area contributed by atoms with Crippen LogP contribution in [-0.2, 0) is 27.5 Å². The quantitative estimate of drug-likeness (QED) is 0.442. The molecule has 0 saturated carbocycles. The Morgan fingerprint density at radius 3 is 2.28 bits per heavy atom. The molecule has 0 heterocycles. The minimum atomic E-state index is -4.55. The summed E-state index contributed by atoms with van der Waals surface area (Å²) in [5, 5.41) is 2.36. The SMILES string of the molecule is CCOc1cc(C(F)(F)F)ccc1/C=C/C(=O)NCc1cc(F)c(NS(C)(=O)=O)c(F)c1. The van der Waals surface area contributed by atoms with Gasteiger partial charge in [0.15, 0.2) is 11.6 Å². The average molecular weight is 478 g/mol. The van der Waals surface area contributed by atoms with E-state index in [1.807, 2.05) is 0 Å². The van der Waals surface area contributed by atoms with Crippen LogP contribution in [0.25, 0.3) is 6.08 Å². The second kappa shape index (κ2) is 9.98. The topological polar surface area (TPSA) is 84.5 Å². The molecule has 174 valence electrons. The van der Waals surface area contributed by atoms with E-state index in [-0.39, 0.29) is 30.0 Å². The van der Waals surface area contributed by atoms with Crippen molar-refractivity contribution in [2.24, 2.45) is 0 Å². The Morgan fingerprint density at radius 2 is 1.75 bits per heavy atom. The van der Waals surface area contributed by atoms with Crippen molar-refractivity contribution in [1.82, 2.24) is 5.32 Å². The van der Waals surface area contributed by atoms with Gasteiger partial charge in [0, 0.05) is 18.2 Å². The standard InChI is InChI=1S/C20H19F5N2O4S/c1-3-31-17-10-14(20(23,24)25)6-4-13(17)5-7-18(28)26-11-12-8-15(21)19(16(22)9-12)27-32(2,29)30/h4-10,27H,3,11H2,1-2H3,(H,26,28)/b7-5+. The number of sulfonamides is 1. The number of hydrogen-bond acceptors (Lipinski definition) is 4. The van der Waals surface area contributed by atoms with E-state index < -0.39 is 45.0 Å². The zero-order chi connectivity index (χ0) is 24.1. The van der Waals surface area contributed by atoms with Gasteiger partial charge in [-0.05, 0) is 42.8 Å². The van der Waals surface area contributed by atoms with Crippen LogP contribution in [0.15, 0.2) is 36.4 Å². The van der Waals surface area contributed by atoms with Gasteiger partial charge < -0.3 is 10.1 Å². The molecule has 0 bridgehead atoms. The van der Waals surface area contributed by atoms with Crippen LogP contribution >= 0.6 is 0 Å². The van der Waals surface area contributed by atoms with Gasteiger partial charge in [-0.3, -0.25) is 9.52 Å². The summed E-state index contributed by atoms with van der Waals surface area (Å²) in [6, 6.07) is 4.51. The monoisotopic (exact) mass is 478 g/mol. The van der Waals surface area contributed by atoms with Crippen molar-refractivity contribution in [3.8, 4) is 5.75 Å². The fourth-order valence-corrected chi connectivity index (χ4v) is 3.12. The van der Waals surface area contributed by atoms with Crippen LogP contribution in [0, 0.1) is 11.6 Å². The maximum absolute atomic E-state index is 14.0. The van der Waals surface area contributed by atoms with Crippen molar-refractivity contribution in [3.05, 3.63) is 64.7 Å². The molecule has 0 spiro atoms. The van der Waals surface area contributed by atoms with Gasteiger partial charge in [0.2, 0.25) is 15.9 Å². The number of anilines is 1. The van der Waals surface area contributed by atoms with Crippen LogP contribution in [0.3, 0.4) is 0 Å². The Labute approximate surface area is 181 Å². The maximum atomic E-state index is 14.0. The Balaban J connectivity index is 2.10. The van der Waals surface area contributed by atoms with E-state index in [1.165, 1.54) is 6.08 Å². The second-order valence-corrected chi connectivity index (χ2v) is 8.29. The zero-order valence-corrected chi connectivity index (χ0v) is 17.7. The number of carbonyl (C=O) groups is 1. The smallest absolute Gasteiger partial charge is 0.416 e. The van der Waals surface area contributed by atoms with Crippen molar-refractivity contribution in [3.63, 3.8) is 0 Å². The number of ether oxygens (including phenoxy) is 1. The first-order valence-corrected chi connectivity index (χ1v) is 10.9. The van der Waals surface area contributed by atoms with Crippen LogP contribution in [-0.4, -0.2) is 27.2 Å². The predicted molar refractivity (Wildman–Crippen MR) is 108 cm³/mol. The number of nitrogens with one attached hydrogen (secondary N) is 2. The van der Waals surface area contributed by atoms with Gasteiger partial charge in [-0.15, -0.1) is 0 Å². The molecule has 6 nitrogen and oxygen atoms in total. The number of carbonyl (C=O) groups excluding carboxylic acids is 1. The predicted octanol–water partition coefficient (Wildman–Crippen LogP) is 4.08. The Kier molecular flexibility index (Phi) is 7.83. The lowest BCUT2D eigenvalue weighted by Crippen LogP contribution is -2.21. The third kappa shape index (κ3) is 7.22. The first-order valence-electron chi connectivity index (χ1n) is 9.06. The molecule has 0 radical (unpaired) electrons. The van der Waals surface area contributed by atoms with Crippen LogP contribution in [0.2, 0.25) is 0 Å². The fraction of sp³-hybridized carbons (Fsp3) is 0.250. The van der Waals surface area contributed by atoms with Crippen molar-refractivity contribution < 1.29 is 39.9 Å². The molecule has 2 aromatic rings. The summed E-state index contributed by atoms with van der Waals surface area (Å²) in [7, 11) is -3.89. The molecular weight excluding hydrogens is 459 g/mol. The van der Waals surface area contributed by atoms with Crippen molar-refractivity contribution >= 4 is 27.7 Å². The normalized spacial score (nSPS) is 12.1. The highest BCUT2D eigenvalue weighted by Gasteiger charge is 2.31. The number of rotatable bonds is 8. The van der Waals surface area contributed by atoms with Crippen LogP contribution < -0.4 is 14.8 Å². The Morgan fingerprint density at radius 1 is 1.12 bits per heavy atom. The lowest BCUT2D eigenvalue weighted by Gasteiger charge is -2.12. The summed E-state index contributed by atoms with van der Waals surface area (Å²) in [6.07, 6.45) is -1.55. The molecule has 0 atom stereocenters. The fourth-order valence-electron chi connectivity index (χ4n) is 2.55. The molecule has 2 aromatic carbocycles. The van der Waals surface area contributed by atoms with E-state index in [0.29, 0.717) is 0 Å². The zero-order valence-electron chi connectivity index (χ0n) is 16.9. The second-order valence-electron chi connectivity index (χ2n) is 6.54. The van der Waals surface area contributed by atoms with Gasteiger partial charge in [-0.2, -0.15) is 13.2 Å². The molecule has 2 rings (SSSR count). The third-order valence-corrected chi connectivity index (χ3v) is 4.49. The molecule has 0 aliphatic rings. The highest BCUT2D eigenvalue weighted by Crippen LogP contribution is 2.33.